The van der Waals surface area contributed by atoms with Gasteiger partial charge in [-0.2, -0.15) is 13.2 Å². The van der Waals surface area contributed by atoms with Crippen LogP contribution in [-0.2, 0) is 19.9 Å². The van der Waals surface area contributed by atoms with Crippen LogP contribution >= 0.6 is 0 Å². The minimum atomic E-state index is -4.68. The fraction of sp³-hybridized carbons (Fsp3) is 0.273. The predicted octanol–water partition coefficient (Wildman–Crippen LogP) is 0.635. The molecule has 5 nitrogen and oxygen atoms in total. The van der Waals surface area contributed by atoms with E-state index in [1.165, 1.54) is 13.1 Å². The molecule has 2 N–H and O–H groups in total. The van der Waals surface area contributed by atoms with E-state index in [0.29, 0.717) is 4.57 Å². The van der Waals surface area contributed by atoms with Crippen molar-refractivity contribution in [2.75, 3.05) is 0 Å². The van der Waals surface area contributed by atoms with Gasteiger partial charge in [0.05, 0.1) is 23.1 Å². The van der Waals surface area contributed by atoms with E-state index in [-0.39, 0.29) is 5.52 Å². The van der Waals surface area contributed by atoms with Gasteiger partial charge in [0.1, 0.15) is 0 Å². The van der Waals surface area contributed by atoms with Crippen molar-refractivity contribution in [1.29, 1.82) is 0 Å². The van der Waals surface area contributed by atoms with Crippen LogP contribution in [0.25, 0.3) is 10.9 Å². The van der Waals surface area contributed by atoms with Crippen molar-refractivity contribution in [3.63, 3.8) is 0 Å². The van der Waals surface area contributed by atoms with Crippen LogP contribution < -0.4 is 17.0 Å². The average Bonchev–Trinajstić information content (AvgIpc) is 2.35. The predicted molar refractivity (Wildman–Crippen MR) is 62.6 cm³/mol. The SMILES string of the molecule is Cn1c(=O)n(CN)c(=O)c2c(C(F)(F)F)cccc21. The zero-order chi connectivity index (χ0) is 14.4. The number of fused-ring (bicyclic) bond motifs is 1. The molecule has 2 rings (SSSR count). The maximum Gasteiger partial charge on any atom is 0.417 e. The lowest BCUT2D eigenvalue weighted by Crippen LogP contribution is -2.41. The molecule has 0 aliphatic carbocycles. The molecule has 0 fully saturated rings. The summed E-state index contributed by atoms with van der Waals surface area (Å²) in [5, 5.41) is -0.553. The molecular weight excluding hydrogens is 263 g/mol. The van der Waals surface area contributed by atoms with Crippen molar-refractivity contribution in [2.45, 2.75) is 12.8 Å². The Balaban J connectivity index is 3.11. The molecule has 0 saturated heterocycles. The van der Waals surface area contributed by atoms with E-state index >= 15 is 0 Å². The van der Waals surface area contributed by atoms with Gasteiger partial charge in [-0.05, 0) is 12.1 Å². The molecule has 0 aliphatic heterocycles. The number of aryl methyl sites for hydroxylation is 1. The van der Waals surface area contributed by atoms with Crippen LogP contribution in [0.4, 0.5) is 13.2 Å². The van der Waals surface area contributed by atoms with Crippen LogP contribution in [0.15, 0.2) is 27.8 Å². The number of nitrogens with two attached hydrogens (primary N) is 1. The smallest absolute Gasteiger partial charge is 0.313 e. The lowest BCUT2D eigenvalue weighted by Gasteiger charge is -2.13. The van der Waals surface area contributed by atoms with Crippen molar-refractivity contribution in [2.24, 2.45) is 12.8 Å². The van der Waals surface area contributed by atoms with Crippen LogP contribution in [0.1, 0.15) is 5.56 Å². The summed E-state index contributed by atoms with van der Waals surface area (Å²) < 4.78 is 40.2. The molecule has 19 heavy (non-hydrogen) atoms. The molecule has 1 heterocycles. The molecule has 0 aliphatic rings. The Kier molecular flexibility index (Phi) is 2.97. The Morgan fingerprint density at radius 3 is 2.42 bits per heavy atom. The van der Waals surface area contributed by atoms with Crippen LogP contribution in [0.2, 0.25) is 0 Å². The van der Waals surface area contributed by atoms with E-state index in [4.69, 9.17) is 5.73 Å². The molecule has 102 valence electrons. The third-order valence-electron chi connectivity index (χ3n) is 2.87. The molecule has 2 aromatic rings. The molecule has 0 amide bonds. The van der Waals surface area contributed by atoms with Gasteiger partial charge in [0.25, 0.3) is 5.56 Å². The van der Waals surface area contributed by atoms with Gasteiger partial charge in [-0.1, -0.05) is 6.07 Å². The molecule has 0 saturated carbocycles. The number of hydrogen-bond acceptors (Lipinski definition) is 3. The van der Waals surface area contributed by atoms with Crippen molar-refractivity contribution >= 4 is 10.9 Å². The van der Waals surface area contributed by atoms with Gasteiger partial charge >= 0.3 is 11.9 Å². The molecule has 1 aromatic carbocycles. The minimum Gasteiger partial charge on any atom is -0.313 e. The quantitative estimate of drug-likeness (QED) is 0.828. The summed E-state index contributed by atoms with van der Waals surface area (Å²) in [5.74, 6) is 0. The fourth-order valence-corrected chi connectivity index (χ4v) is 1.95. The number of halogens is 3. The maximum atomic E-state index is 12.9. The lowest BCUT2D eigenvalue weighted by atomic mass is 10.1. The number of rotatable bonds is 1. The second-order valence-corrected chi connectivity index (χ2v) is 3.95. The number of hydrogen-bond donors (Lipinski definition) is 1. The monoisotopic (exact) mass is 273 g/mol. The number of benzene rings is 1. The van der Waals surface area contributed by atoms with E-state index in [0.717, 1.165) is 16.7 Å². The van der Waals surface area contributed by atoms with Gasteiger partial charge in [-0.15, -0.1) is 0 Å². The first-order valence-electron chi connectivity index (χ1n) is 5.29. The minimum absolute atomic E-state index is 0.0745. The molecule has 0 atom stereocenters. The summed E-state index contributed by atoms with van der Waals surface area (Å²) in [4.78, 5) is 23.7. The van der Waals surface area contributed by atoms with Crippen molar-refractivity contribution in [3.8, 4) is 0 Å². The molecule has 0 radical (unpaired) electrons. The van der Waals surface area contributed by atoms with Crippen LogP contribution in [-0.4, -0.2) is 9.13 Å². The third kappa shape index (κ3) is 1.93. The summed E-state index contributed by atoms with van der Waals surface area (Å²) in [5.41, 5.74) is 2.30. The second kappa shape index (κ2) is 4.23. The van der Waals surface area contributed by atoms with Crippen molar-refractivity contribution in [1.82, 2.24) is 9.13 Å². The van der Waals surface area contributed by atoms with E-state index in [2.05, 4.69) is 0 Å². The number of alkyl halides is 3. The topological polar surface area (TPSA) is 70.0 Å². The summed E-state index contributed by atoms with van der Waals surface area (Å²) >= 11 is 0. The van der Waals surface area contributed by atoms with Gasteiger partial charge in [-0.25, -0.2) is 9.36 Å². The lowest BCUT2D eigenvalue weighted by molar-refractivity contribution is -0.136. The molecule has 0 unspecified atom stereocenters. The normalized spacial score (nSPS) is 12.1. The Bertz CT molecular complexity index is 759. The summed E-state index contributed by atoms with van der Waals surface area (Å²) in [6.45, 7) is -0.479. The van der Waals surface area contributed by atoms with E-state index in [1.807, 2.05) is 0 Å². The van der Waals surface area contributed by atoms with Gasteiger partial charge in [0.2, 0.25) is 0 Å². The molecule has 0 bridgehead atoms. The van der Waals surface area contributed by atoms with Gasteiger partial charge in [0.15, 0.2) is 0 Å². The highest BCUT2D eigenvalue weighted by Crippen LogP contribution is 2.32. The highest BCUT2D eigenvalue weighted by Gasteiger charge is 2.34. The second-order valence-electron chi connectivity index (χ2n) is 3.95. The standard InChI is InChI=1S/C11H10F3N3O2/c1-16-7-4-2-3-6(11(12,13)14)8(7)9(18)17(5-15)10(16)19/h2-4H,5,15H2,1H3. The van der Waals surface area contributed by atoms with E-state index in [1.54, 1.807) is 0 Å². The molecule has 8 heteroatoms. The first kappa shape index (κ1) is 13.3. The Morgan fingerprint density at radius 1 is 1.26 bits per heavy atom. The summed E-state index contributed by atoms with van der Waals surface area (Å²) in [6, 6.07) is 3.24. The van der Waals surface area contributed by atoms with Crippen LogP contribution in [0.5, 0.6) is 0 Å². The zero-order valence-electron chi connectivity index (χ0n) is 9.86. The van der Waals surface area contributed by atoms with Crippen LogP contribution in [0, 0.1) is 0 Å². The largest absolute Gasteiger partial charge is 0.417 e. The highest BCUT2D eigenvalue weighted by molar-refractivity contribution is 5.82. The van der Waals surface area contributed by atoms with Crippen LogP contribution in [0.3, 0.4) is 0 Å². The molecular formula is C11H10F3N3O2. The van der Waals surface area contributed by atoms with E-state index in [9.17, 15) is 22.8 Å². The van der Waals surface area contributed by atoms with Crippen molar-refractivity contribution in [3.05, 3.63) is 44.6 Å². The molecule has 1 aromatic heterocycles. The van der Waals surface area contributed by atoms with Gasteiger partial charge in [0, 0.05) is 7.05 Å². The Morgan fingerprint density at radius 2 is 1.89 bits per heavy atom. The fourth-order valence-electron chi connectivity index (χ4n) is 1.95. The third-order valence-corrected chi connectivity index (χ3v) is 2.87. The number of nitrogens with zero attached hydrogens (tertiary/aromatic N) is 2. The average molecular weight is 273 g/mol. The number of aromatic nitrogens is 2. The highest BCUT2D eigenvalue weighted by atomic mass is 19.4. The maximum absolute atomic E-state index is 12.9. The summed E-state index contributed by atoms with van der Waals surface area (Å²) in [6.07, 6.45) is -4.68. The molecule has 0 spiro atoms. The van der Waals surface area contributed by atoms with Crippen molar-refractivity contribution < 1.29 is 13.2 Å². The van der Waals surface area contributed by atoms with Gasteiger partial charge in [-0.3, -0.25) is 9.36 Å². The first-order chi connectivity index (χ1) is 8.79. The summed E-state index contributed by atoms with van der Waals surface area (Å²) in [7, 11) is 1.29. The van der Waals surface area contributed by atoms with E-state index < -0.39 is 35.0 Å². The Labute approximate surface area is 104 Å². The first-order valence-corrected chi connectivity index (χ1v) is 5.29. The zero-order valence-corrected chi connectivity index (χ0v) is 9.86. The van der Waals surface area contributed by atoms with Gasteiger partial charge < -0.3 is 5.73 Å². The Hall–Kier alpha value is -2.09.